The fraction of sp³-hybridized carbons (Fsp3) is 0.333. The van der Waals surface area contributed by atoms with Gasteiger partial charge in [0.25, 0.3) is 0 Å². The van der Waals surface area contributed by atoms with Crippen molar-refractivity contribution in [3.8, 4) is 0 Å². The lowest BCUT2D eigenvalue weighted by atomic mass is 10.1. The molecule has 11 heteroatoms. The molecule has 1 saturated heterocycles. The predicted octanol–water partition coefficient (Wildman–Crippen LogP) is 5.87. The summed E-state index contributed by atoms with van der Waals surface area (Å²) in [5.74, 6) is 0. The van der Waals surface area contributed by atoms with Crippen LogP contribution in [0, 0.1) is 6.92 Å². The molecule has 0 unspecified atom stereocenters. The number of alkyl halides is 3. The van der Waals surface area contributed by atoms with Gasteiger partial charge in [-0.1, -0.05) is 28.2 Å². The molecule has 1 atom stereocenters. The Bertz CT molecular complexity index is 1120. The molecule has 0 spiro atoms. The van der Waals surface area contributed by atoms with Crippen LogP contribution >= 0.6 is 23.1 Å². The van der Waals surface area contributed by atoms with Crippen LogP contribution in [0.25, 0.3) is 0 Å². The van der Waals surface area contributed by atoms with Gasteiger partial charge in [0, 0.05) is 18.0 Å². The molecular formula is C21H19ClF3N5OS. The summed E-state index contributed by atoms with van der Waals surface area (Å²) in [7, 11) is 0. The number of carbonyl (C=O) groups is 1. The zero-order valence-corrected chi connectivity index (χ0v) is 18.6. The molecule has 4 rings (SSSR count). The van der Waals surface area contributed by atoms with Crippen LogP contribution in [0.5, 0.6) is 0 Å². The third-order valence-corrected chi connectivity index (χ3v) is 6.30. The largest absolute Gasteiger partial charge is 0.433 e. The maximum absolute atomic E-state index is 13.0. The number of pyridine rings is 1. The van der Waals surface area contributed by atoms with Crippen LogP contribution < -0.4 is 5.32 Å². The summed E-state index contributed by atoms with van der Waals surface area (Å²) in [5, 5.41) is 7.64. The molecule has 3 aromatic rings. The Kier molecular flexibility index (Phi) is 6.34. The van der Waals surface area contributed by atoms with Gasteiger partial charge < -0.3 is 10.2 Å². The zero-order chi connectivity index (χ0) is 22.9. The van der Waals surface area contributed by atoms with Crippen molar-refractivity contribution in [2.45, 2.75) is 38.4 Å². The fourth-order valence-electron chi connectivity index (χ4n) is 3.71. The number of halogens is 4. The van der Waals surface area contributed by atoms with Crippen molar-refractivity contribution in [2.75, 3.05) is 11.9 Å². The lowest BCUT2D eigenvalue weighted by Crippen LogP contribution is -2.35. The maximum atomic E-state index is 13.0. The minimum Gasteiger partial charge on any atom is -0.316 e. The number of rotatable bonds is 4. The van der Waals surface area contributed by atoms with E-state index in [1.807, 2.05) is 24.3 Å². The number of amides is 2. The van der Waals surface area contributed by atoms with Gasteiger partial charge >= 0.3 is 12.2 Å². The quantitative estimate of drug-likeness (QED) is 0.505. The third-order valence-electron chi connectivity index (χ3n) is 5.31. The predicted molar refractivity (Wildman–Crippen MR) is 116 cm³/mol. The Morgan fingerprint density at radius 1 is 1.25 bits per heavy atom. The van der Waals surface area contributed by atoms with Crippen molar-refractivity contribution >= 4 is 34.9 Å². The Morgan fingerprint density at radius 2 is 2.00 bits per heavy atom. The van der Waals surface area contributed by atoms with Crippen molar-refractivity contribution < 1.29 is 18.0 Å². The van der Waals surface area contributed by atoms with Crippen LogP contribution in [-0.4, -0.2) is 32.0 Å². The Balaban J connectivity index is 1.50. The van der Waals surface area contributed by atoms with Crippen LogP contribution in [0.4, 0.5) is 23.7 Å². The fourth-order valence-corrected chi connectivity index (χ4v) is 4.57. The van der Waals surface area contributed by atoms with Gasteiger partial charge in [-0.3, -0.25) is 0 Å². The number of urea groups is 1. The first-order valence-corrected chi connectivity index (χ1v) is 11.1. The summed E-state index contributed by atoms with van der Waals surface area (Å²) in [6.45, 7) is 1.95. The van der Waals surface area contributed by atoms with Crippen LogP contribution in [0.2, 0.25) is 5.02 Å². The third kappa shape index (κ3) is 4.86. The van der Waals surface area contributed by atoms with Gasteiger partial charge in [0.15, 0.2) is 0 Å². The summed E-state index contributed by atoms with van der Waals surface area (Å²) >= 11 is 7.25. The highest BCUT2D eigenvalue weighted by Gasteiger charge is 2.35. The molecule has 2 amide bonds. The molecule has 1 fully saturated rings. The smallest absolute Gasteiger partial charge is 0.316 e. The topological polar surface area (TPSA) is 71.0 Å². The Hall–Kier alpha value is -2.72. The van der Waals surface area contributed by atoms with E-state index in [2.05, 4.69) is 19.9 Å². The number of hydrogen-bond acceptors (Lipinski definition) is 5. The molecule has 2 aromatic heterocycles. The van der Waals surface area contributed by atoms with E-state index in [-0.39, 0.29) is 17.4 Å². The number of hydrogen-bond donors (Lipinski definition) is 1. The van der Waals surface area contributed by atoms with Crippen molar-refractivity contribution in [3.63, 3.8) is 0 Å². The molecular weight excluding hydrogens is 463 g/mol. The highest BCUT2D eigenvalue weighted by molar-refractivity contribution is 7.05. The highest BCUT2D eigenvalue weighted by atomic mass is 35.5. The molecule has 6 nitrogen and oxygen atoms in total. The van der Waals surface area contributed by atoms with Gasteiger partial charge in [0.2, 0.25) is 0 Å². The van der Waals surface area contributed by atoms with E-state index in [9.17, 15) is 18.0 Å². The first-order chi connectivity index (χ1) is 15.2. The van der Waals surface area contributed by atoms with Crippen molar-refractivity contribution in [1.29, 1.82) is 0 Å². The zero-order valence-electron chi connectivity index (χ0n) is 17.0. The van der Waals surface area contributed by atoms with Crippen LogP contribution in [0.15, 0.2) is 36.4 Å². The molecule has 32 heavy (non-hydrogen) atoms. The van der Waals surface area contributed by atoms with Crippen LogP contribution in [0.1, 0.15) is 46.4 Å². The summed E-state index contributed by atoms with van der Waals surface area (Å²) in [6.07, 6.45) is -2.39. The van der Waals surface area contributed by atoms with Gasteiger partial charge in [-0.05, 0) is 61.1 Å². The molecule has 0 saturated carbocycles. The minimum atomic E-state index is -4.54. The SMILES string of the molecule is Cc1nc(C(F)(F)F)ccc1NC(=O)N1CCC[C@@H]1c1nnsc1Cc1ccc(Cl)cc1. The number of nitrogens with one attached hydrogen (secondary N) is 1. The second-order valence-corrected chi connectivity index (χ2v) is 8.77. The number of anilines is 1. The molecule has 1 aliphatic rings. The second kappa shape index (κ2) is 9.03. The van der Waals surface area contributed by atoms with Gasteiger partial charge in [-0.2, -0.15) is 13.2 Å². The van der Waals surface area contributed by atoms with Crippen LogP contribution in [0.3, 0.4) is 0 Å². The van der Waals surface area contributed by atoms with E-state index < -0.39 is 17.9 Å². The van der Waals surface area contributed by atoms with E-state index in [0.29, 0.717) is 18.0 Å². The molecule has 3 heterocycles. The summed E-state index contributed by atoms with van der Waals surface area (Å²) in [4.78, 5) is 19.2. The average molecular weight is 482 g/mol. The summed E-state index contributed by atoms with van der Waals surface area (Å²) < 4.78 is 42.7. The number of aromatic nitrogens is 3. The summed E-state index contributed by atoms with van der Waals surface area (Å²) in [6, 6.07) is 8.95. The standard InChI is InChI=1S/C21H19ClF3N5OS/c1-12-15(8-9-18(26-12)21(23,24)25)27-20(31)30-10-2-3-16(30)19-17(32-29-28-19)11-13-4-6-14(22)7-5-13/h4-9,16H,2-3,10-11H2,1H3,(H,27,31)/t16-/m1/s1. The monoisotopic (exact) mass is 481 g/mol. The highest BCUT2D eigenvalue weighted by Crippen LogP contribution is 2.35. The lowest BCUT2D eigenvalue weighted by Gasteiger charge is -2.24. The van der Waals surface area contributed by atoms with Gasteiger partial charge in [0.05, 0.1) is 22.3 Å². The van der Waals surface area contributed by atoms with Crippen molar-refractivity contribution in [3.05, 3.63) is 68.9 Å². The molecule has 1 aliphatic heterocycles. The average Bonchev–Trinajstić information content (AvgIpc) is 3.39. The number of likely N-dealkylation sites (tertiary alicyclic amines) is 1. The number of nitrogens with zero attached hydrogens (tertiary/aromatic N) is 4. The van der Waals surface area contributed by atoms with Crippen LogP contribution in [-0.2, 0) is 12.6 Å². The first kappa shape index (κ1) is 22.5. The Labute approximate surface area is 191 Å². The second-order valence-electron chi connectivity index (χ2n) is 7.49. The Morgan fingerprint density at radius 3 is 2.69 bits per heavy atom. The lowest BCUT2D eigenvalue weighted by molar-refractivity contribution is -0.141. The van der Waals surface area contributed by atoms with E-state index in [1.165, 1.54) is 24.5 Å². The minimum absolute atomic E-state index is 0.0997. The van der Waals surface area contributed by atoms with E-state index in [4.69, 9.17) is 11.6 Å². The van der Waals surface area contributed by atoms with E-state index in [0.717, 1.165) is 35.0 Å². The van der Waals surface area contributed by atoms with E-state index >= 15 is 0 Å². The maximum Gasteiger partial charge on any atom is 0.433 e. The molecule has 1 N–H and O–H groups in total. The molecule has 0 aliphatic carbocycles. The van der Waals surface area contributed by atoms with Crippen molar-refractivity contribution in [2.24, 2.45) is 0 Å². The number of carbonyl (C=O) groups excluding carboxylic acids is 1. The number of aryl methyl sites for hydroxylation is 1. The molecule has 0 radical (unpaired) electrons. The van der Waals surface area contributed by atoms with Gasteiger partial charge in [-0.25, -0.2) is 9.78 Å². The van der Waals surface area contributed by atoms with E-state index in [1.54, 1.807) is 4.90 Å². The molecule has 1 aromatic carbocycles. The van der Waals surface area contributed by atoms with Gasteiger partial charge in [0.1, 0.15) is 11.4 Å². The first-order valence-electron chi connectivity index (χ1n) is 9.90. The van der Waals surface area contributed by atoms with Crippen molar-refractivity contribution in [1.82, 2.24) is 19.5 Å². The summed E-state index contributed by atoms with van der Waals surface area (Å²) in [5.41, 5.74) is 1.16. The molecule has 0 bridgehead atoms. The van der Waals surface area contributed by atoms with Gasteiger partial charge in [-0.15, -0.1) is 5.10 Å². The number of benzene rings is 1. The normalized spacial score (nSPS) is 16.4. The molecule has 168 valence electrons.